The Morgan fingerprint density at radius 2 is 1.70 bits per heavy atom. The van der Waals surface area contributed by atoms with Gasteiger partial charge in [-0.25, -0.2) is 13.2 Å². The van der Waals surface area contributed by atoms with Crippen LogP contribution >= 0.6 is 15.9 Å². The first-order valence-corrected chi connectivity index (χ1v) is 6.85. The van der Waals surface area contributed by atoms with E-state index in [1.54, 1.807) is 26.0 Å². The Morgan fingerprint density at radius 3 is 2.35 bits per heavy atom. The van der Waals surface area contributed by atoms with Gasteiger partial charge in [0.1, 0.15) is 17.5 Å². The number of hydrogen-bond acceptors (Lipinski definition) is 1. The van der Waals surface area contributed by atoms with E-state index < -0.39 is 11.6 Å². The Bertz CT molecular complexity index is 643. The molecule has 0 bridgehead atoms. The highest BCUT2D eigenvalue weighted by Crippen LogP contribution is 2.27. The molecule has 0 fully saturated rings. The van der Waals surface area contributed by atoms with Gasteiger partial charge >= 0.3 is 0 Å². The van der Waals surface area contributed by atoms with Crippen molar-refractivity contribution in [2.45, 2.75) is 19.9 Å². The van der Waals surface area contributed by atoms with E-state index >= 15 is 0 Å². The van der Waals surface area contributed by atoms with Gasteiger partial charge in [0.15, 0.2) is 0 Å². The van der Waals surface area contributed by atoms with Crippen molar-refractivity contribution >= 4 is 21.6 Å². The number of nitrogens with one attached hydrogen (secondary N) is 1. The smallest absolute Gasteiger partial charge is 0.147 e. The molecule has 0 aliphatic heterocycles. The van der Waals surface area contributed by atoms with Crippen LogP contribution in [0.25, 0.3) is 0 Å². The summed E-state index contributed by atoms with van der Waals surface area (Å²) in [6.07, 6.45) is 0. The molecule has 0 spiro atoms. The van der Waals surface area contributed by atoms with Crippen LogP contribution in [-0.4, -0.2) is 0 Å². The van der Waals surface area contributed by atoms with Crippen molar-refractivity contribution in [3.8, 4) is 0 Å². The largest absolute Gasteiger partial charge is 0.376 e. The third-order valence-corrected chi connectivity index (χ3v) is 3.69. The summed E-state index contributed by atoms with van der Waals surface area (Å²) in [5.74, 6) is -1.45. The molecule has 0 aliphatic rings. The lowest BCUT2D eigenvalue weighted by molar-refractivity contribution is 0.594. The first kappa shape index (κ1) is 14.9. The molecular formula is C15H13BrF3N. The lowest BCUT2D eigenvalue weighted by Crippen LogP contribution is -2.09. The van der Waals surface area contributed by atoms with Crippen LogP contribution in [0, 0.1) is 24.4 Å². The standard InChI is InChI=1S/C15H13BrF3N/c1-8-3-4-10(5-12(8)17)9(2)20-15-7-13(18)11(16)6-14(15)19/h3-7,9,20H,1-2H3. The second kappa shape index (κ2) is 5.87. The van der Waals surface area contributed by atoms with Crippen LogP contribution in [0.1, 0.15) is 24.1 Å². The van der Waals surface area contributed by atoms with E-state index in [0.29, 0.717) is 11.1 Å². The van der Waals surface area contributed by atoms with E-state index in [-0.39, 0.29) is 22.0 Å². The van der Waals surface area contributed by atoms with Crippen LogP contribution < -0.4 is 5.32 Å². The topological polar surface area (TPSA) is 12.0 Å². The molecule has 20 heavy (non-hydrogen) atoms. The van der Waals surface area contributed by atoms with Crippen molar-refractivity contribution in [1.29, 1.82) is 0 Å². The maximum Gasteiger partial charge on any atom is 0.147 e. The molecule has 0 saturated carbocycles. The molecule has 2 aromatic rings. The normalized spacial score (nSPS) is 12.3. The van der Waals surface area contributed by atoms with Gasteiger partial charge in [0.05, 0.1) is 10.2 Å². The molecule has 5 heteroatoms. The molecule has 0 heterocycles. The van der Waals surface area contributed by atoms with Crippen LogP contribution in [0.3, 0.4) is 0 Å². The molecule has 1 nitrogen and oxygen atoms in total. The van der Waals surface area contributed by atoms with E-state index in [1.165, 1.54) is 6.07 Å². The summed E-state index contributed by atoms with van der Waals surface area (Å²) >= 11 is 2.92. The van der Waals surface area contributed by atoms with Crippen molar-refractivity contribution in [1.82, 2.24) is 0 Å². The summed E-state index contributed by atoms with van der Waals surface area (Å²) in [6.45, 7) is 3.42. The van der Waals surface area contributed by atoms with Gasteiger partial charge in [0.25, 0.3) is 0 Å². The highest BCUT2D eigenvalue weighted by molar-refractivity contribution is 9.10. The van der Waals surface area contributed by atoms with Crippen LogP contribution in [0.4, 0.5) is 18.9 Å². The number of anilines is 1. The van der Waals surface area contributed by atoms with Gasteiger partial charge in [-0.2, -0.15) is 0 Å². The van der Waals surface area contributed by atoms with E-state index in [9.17, 15) is 13.2 Å². The van der Waals surface area contributed by atoms with Crippen molar-refractivity contribution in [2.24, 2.45) is 0 Å². The molecule has 1 atom stereocenters. The average Bonchev–Trinajstić information content (AvgIpc) is 2.39. The number of benzene rings is 2. The maximum absolute atomic E-state index is 13.7. The lowest BCUT2D eigenvalue weighted by atomic mass is 10.1. The first-order valence-electron chi connectivity index (χ1n) is 6.05. The van der Waals surface area contributed by atoms with Crippen LogP contribution in [0.15, 0.2) is 34.8 Å². The average molecular weight is 344 g/mol. The highest BCUT2D eigenvalue weighted by atomic mass is 79.9. The number of hydrogen-bond donors (Lipinski definition) is 1. The van der Waals surface area contributed by atoms with Crippen LogP contribution in [0.5, 0.6) is 0 Å². The number of halogens is 4. The lowest BCUT2D eigenvalue weighted by Gasteiger charge is -2.17. The summed E-state index contributed by atoms with van der Waals surface area (Å²) in [5.41, 5.74) is 1.25. The van der Waals surface area contributed by atoms with E-state index in [2.05, 4.69) is 21.2 Å². The predicted molar refractivity (Wildman–Crippen MR) is 77.2 cm³/mol. The minimum Gasteiger partial charge on any atom is -0.376 e. The maximum atomic E-state index is 13.7. The summed E-state index contributed by atoms with van der Waals surface area (Å²) in [4.78, 5) is 0. The van der Waals surface area contributed by atoms with E-state index in [1.807, 2.05) is 0 Å². The van der Waals surface area contributed by atoms with Gasteiger partial charge in [-0.05, 0) is 53.0 Å². The van der Waals surface area contributed by atoms with Gasteiger partial charge in [-0.15, -0.1) is 0 Å². The second-order valence-electron chi connectivity index (χ2n) is 4.62. The summed E-state index contributed by atoms with van der Waals surface area (Å²) in [5, 5.41) is 2.84. The van der Waals surface area contributed by atoms with Crippen molar-refractivity contribution in [3.63, 3.8) is 0 Å². The predicted octanol–water partition coefficient (Wildman–Crippen LogP) is 5.35. The highest BCUT2D eigenvalue weighted by Gasteiger charge is 2.12. The Hall–Kier alpha value is -1.49. The van der Waals surface area contributed by atoms with Crippen molar-refractivity contribution < 1.29 is 13.2 Å². The van der Waals surface area contributed by atoms with Crippen LogP contribution in [-0.2, 0) is 0 Å². The second-order valence-corrected chi connectivity index (χ2v) is 5.48. The molecule has 1 N–H and O–H groups in total. The summed E-state index contributed by atoms with van der Waals surface area (Å²) in [7, 11) is 0. The zero-order valence-electron chi connectivity index (χ0n) is 11.0. The van der Waals surface area contributed by atoms with Gasteiger partial charge in [0.2, 0.25) is 0 Å². The first-order chi connectivity index (χ1) is 9.38. The molecule has 0 radical (unpaired) electrons. The summed E-state index contributed by atoms with van der Waals surface area (Å²) in [6, 6.07) is 6.57. The fourth-order valence-corrected chi connectivity index (χ4v) is 2.14. The molecule has 0 amide bonds. The Morgan fingerprint density at radius 1 is 1.00 bits per heavy atom. The monoisotopic (exact) mass is 343 g/mol. The van der Waals surface area contributed by atoms with Gasteiger partial charge in [0, 0.05) is 12.1 Å². The third-order valence-electron chi connectivity index (χ3n) is 3.08. The quantitative estimate of drug-likeness (QED) is 0.741. The fourth-order valence-electron chi connectivity index (χ4n) is 1.83. The molecule has 0 aromatic heterocycles. The molecule has 1 unspecified atom stereocenters. The molecule has 0 saturated heterocycles. The Labute approximate surface area is 123 Å². The number of aryl methyl sites for hydroxylation is 1. The molecule has 2 rings (SSSR count). The zero-order valence-corrected chi connectivity index (χ0v) is 12.6. The van der Waals surface area contributed by atoms with Crippen LogP contribution in [0.2, 0.25) is 0 Å². The molecule has 0 aliphatic carbocycles. The van der Waals surface area contributed by atoms with Gasteiger partial charge in [-0.1, -0.05) is 12.1 Å². The fraction of sp³-hybridized carbons (Fsp3) is 0.200. The Balaban J connectivity index is 2.25. The van der Waals surface area contributed by atoms with Gasteiger partial charge in [-0.3, -0.25) is 0 Å². The summed E-state index contributed by atoms with van der Waals surface area (Å²) < 4.78 is 40.7. The minimum atomic E-state index is -0.572. The molecule has 2 aromatic carbocycles. The van der Waals surface area contributed by atoms with E-state index in [0.717, 1.165) is 12.1 Å². The number of rotatable bonds is 3. The SMILES string of the molecule is Cc1ccc(C(C)Nc2cc(F)c(Br)cc2F)cc1F. The molecule has 106 valence electrons. The minimum absolute atomic E-state index is 0.0409. The van der Waals surface area contributed by atoms with E-state index in [4.69, 9.17) is 0 Å². The van der Waals surface area contributed by atoms with Crippen molar-refractivity contribution in [3.05, 3.63) is 63.4 Å². The van der Waals surface area contributed by atoms with Gasteiger partial charge < -0.3 is 5.32 Å². The molecular weight excluding hydrogens is 331 g/mol. The third kappa shape index (κ3) is 3.15. The Kier molecular flexibility index (Phi) is 4.38. The van der Waals surface area contributed by atoms with Crippen molar-refractivity contribution in [2.75, 3.05) is 5.32 Å². The zero-order chi connectivity index (χ0) is 14.9.